The van der Waals surface area contributed by atoms with Gasteiger partial charge in [-0.3, -0.25) is 9.88 Å². The number of pyridine rings is 1. The smallest absolute Gasteiger partial charge is 0.101 e. The minimum Gasteiger partial charge on any atom is -0.384 e. The molecule has 1 N–H and O–H groups in total. The van der Waals surface area contributed by atoms with Gasteiger partial charge in [-0.15, -0.1) is 0 Å². The summed E-state index contributed by atoms with van der Waals surface area (Å²) in [5, 5.41) is 15.2. The van der Waals surface area contributed by atoms with Crippen molar-refractivity contribution in [2.45, 2.75) is 0 Å². The van der Waals surface area contributed by atoms with E-state index in [4.69, 9.17) is 4.74 Å². The number of nitrogens with one attached hydrogen (secondary N) is 1. The number of aromatic nitrogens is 1. The Morgan fingerprint density at radius 1 is 1.07 bits per heavy atom. The molecular formula is C22H22N4O. The number of nitrogens with zero attached hydrogens (tertiary/aromatic N) is 3. The van der Waals surface area contributed by atoms with Crippen LogP contribution in [0, 0.1) is 11.3 Å². The molecule has 1 saturated heterocycles. The first-order chi connectivity index (χ1) is 13.3. The quantitative estimate of drug-likeness (QED) is 0.756. The van der Waals surface area contributed by atoms with Gasteiger partial charge in [0.2, 0.25) is 0 Å². The van der Waals surface area contributed by atoms with Crippen LogP contribution in [0.2, 0.25) is 0 Å². The number of morpholine rings is 1. The summed E-state index contributed by atoms with van der Waals surface area (Å²) < 4.78 is 5.39. The largest absolute Gasteiger partial charge is 0.384 e. The van der Waals surface area contributed by atoms with Crippen molar-refractivity contribution in [3.05, 3.63) is 60.4 Å². The molecule has 3 aromatic rings. The van der Waals surface area contributed by atoms with Crippen LogP contribution in [0.3, 0.4) is 0 Å². The predicted molar refractivity (Wildman–Crippen MR) is 108 cm³/mol. The van der Waals surface area contributed by atoms with Gasteiger partial charge in [0.05, 0.1) is 18.8 Å². The highest BCUT2D eigenvalue weighted by Crippen LogP contribution is 2.28. The van der Waals surface area contributed by atoms with Crippen molar-refractivity contribution in [1.82, 2.24) is 9.88 Å². The van der Waals surface area contributed by atoms with Crippen molar-refractivity contribution in [1.29, 1.82) is 5.26 Å². The first-order valence-corrected chi connectivity index (χ1v) is 9.26. The predicted octanol–water partition coefficient (Wildman–Crippen LogP) is 3.52. The van der Waals surface area contributed by atoms with Crippen LogP contribution < -0.4 is 5.32 Å². The maximum Gasteiger partial charge on any atom is 0.101 e. The zero-order valence-corrected chi connectivity index (χ0v) is 15.2. The topological polar surface area (TPSA) is 61.2 Å². The van der Waals surface area contributed by atoms with Gasteiger partial charge in [0.1, 0.15) is 6.07 Å². The van der Waals surface area contributed by atoms with E-state index in [0.29, 0.717) is 5.56 Å². The Labute approximate surface area is 159 Å². The van der Waals surface area contributed by atoms with Crippen LogP contribution in [0.1, 0.15) is 5.56 Å². The lowest BCUT2D eigenvalue weighted by molar-refractivity contribution is 0.0398. The highest BCUT2D eigenvalue weighted by Gasteiger charge is 2.09. The van der Waals surface area contributed by atoms with Crippen LogP contribution in [0.25, 0.3) is 21.9 Å². The lowest BCUT2D eigenvalue weighted by Crippen LogP contribution is -2.38. The van der Waals surface area contributed by atoms with Crippen molar-refractivity contribution in [3.63, 3.8) is 0 Å². The number of hydrogen-bond acceptors (Lipinski definition) is 5. The average Bonchev–Trinajstić information content (AvgIpc) is 2.74. The van der Waals surface area contributed by atoms with E-state index in [2.05, 4.69) is 57.7 Å². The van der Waals surface area contributed by atoms with Crippen molar-refractivity contribution >= 4 is 16.5 Å². The summed E-state index contributed by atoms with van der Waals surface area (Å²) in [7, 11) is 0. The fourth-order valence-corrected chi connectivity index (χ4v) is 3.44. The van der Waals surface area contributed by atoms with Gasteiger partial charge in [-0.2, -0.15) is 5.26 Å². The van der Waals surface area contributed by atoms with E-state index in [1.165, 1.54) is 5.39 Å². The van der Waals surface area contributed by atoms with E-state index in [1.54, 1.807) is 12.4 Å². The third-order valence-corrected chi connectivity index (χ3v) is 4.95. The monoisotopic (exact) mass is 358 g/mol. The van der Waals surface area contributed by atoms with E-state index in [-0.39, 0.29) is 0 Å². The molecule has 0 saturated carbocycles. The molecule has 0 radical (unpaired) electrons. The van der Waals surface area contributed by atoms with E-state index in [0.717, 1.165) is 61.6 Å². The molecular weight excluding hydrogens is 336 g/mol. The van der Waals surface area contributed by atoms with Gasteiger partial charge in [0, 0.05) is 49.8 Å². The zero-order chi connectivity index (χ0) is 18.5. The normalized spacial score (nSPS) is 14.8. The second-order valence-electron chi connectivity index (χ2n) is 6.69. The van der Waals surface area contributed by atoms with Crippen LogP contribution in [-0.4, -0.2) is 49.3 Å². The Kier molecular flexibility index (Phi) is 5.29. The van der Waals surface area contributed by atoms with Gasteiger partial charge >= 0.3 is 0 Å². The van der Waals surface area contributed by atoms with Gasteiger partial charge in [-0.25, -0.2) is 0 Å². The molecule has 2 aromatic carbocycles. The molecule has 1 fully saturated rings. The number of nitriles is 1. The molecule has 0 amide bonds. The Morgan fingerprint density at radius 3 is 2.74 bits per heavy atom. The van der Waals surface area contributed by atoms with Crippen LogP contribution >= 0.6 is 0 Å². The highest BCUT2D eigenvalue weighted by atomic mass is 16.5. The van der Waals surface area contributed by atoms with Crippen molar-refractivity contribution < 1.29 is 4.74 Å². The molecule has 5 heteroatoms. The molecule has 1 aliphatic heterocycles. The van der Waals surface area contributed by atoms with E-state index < -0.39 is 0 Å². The van der Waals surface area contributed by atoms with Gasteiger partial charge < -0.3 is 10.1 Å². The molecule has 5 nitrogen and oxygen atoms in total. The summed E-state index contributed by atoms with van der Waals surface area (Å²) in [6.45, 7) is 5.65. The van der Waals surface area contributed by atoms with Crippen molar-refractivity contribution in [3.8, 4) is 17.2 Å². The minimum atomic E-state index is 0.596. The molecule has 27 heavy (non-hydrogen) atoms. The lowest BCUT2D eigenvalue weighted by Gasteiger charge is -2.26. The second kappa shape index (κ2) is 8.17. The zero-order valence-electron chi connectivity index (χ0n) is 15.2. The molecule has 4 rings (SSSR count). The third kappa shape index (κ3) is 4.08. The molecule has 2 heterocycles. The molecule has 0 unspecified atom stereocenters. The first-order valence-electron chi connectivity index (χ1n) is 9.26. The van der Waals surface area contributed by atoms with Crippen LogP contribution in [-0.2, 0) is 4.74 Å². The van der Waals surface area contributed by atoms with Crippen molar-refractivity contribution in [2.75, 3.05) is 44.7 Å². The summed E-state index contributed by atoms with van der Waals surface area (Å²) in [6.07, 6.45) is 3.34. The molecule has 1 aliphatic rings. The maximum atomic E-state index is 9.30. The number of fused-ring (bicyclic) bond motifs is 1. The fourth-order valence-electron chi connectivity index (χ4n) is 3.44. The number of rotatable bonds is 5. The molecule has 0 spiro atoms. The lowest BCUT2D eigenvalue weighted by atomic mass is 9.99. The maximum absolute atomic E-state index is 9.30. The number of ether oxygens (including phenoxy) is 1. The molecule has 0 bridgehead atoms. The van der Waals surface area contributed by atoms with Gasteiger partial charge in [-0.05, 0) is 40.6 Å². The number of hydrogen-bond donors (Lipinski definition) is 1. The second-order valence-corrected chi connectivity index (χ2v) is 6.69. The third-order valence-electron chi connectivity index (χ3n) is 4.95. The minimum absolute atomic E-state index is 0.596. The summed E-state index contributed by atoms with van der Waals surface area (Å²) in [6, 6.07) is 16.8. The van der Waals surface area contributed by atoms with Crippen molar-refractivity contribution in [2.24, 2.45) is 0 Å². The molecule has 136 valence electrons. The summed E-state index contributed by atoms with van der Waals surface area (Å²) in [5.74, 6) is 0. The van der Waals surface area contributed by atoms with Gasteiger partial charge in [0.15, 0.2) is 0 Å². The highest BCUT2D eigenvalue weighted by molar-refractivity contribution is 5.90. The molecule has 1 aromatic heterocycles. The van der Waals surface area contributed by atoms with Gasteiger partial charge in [0.25, 0.3) is 0 Å². The van der Waals surface area contributed by atoms with E-state index >= 15 is 0 Å². The number of benzene rings is 2. The molecule has 0 aliphatic carbocycles. The fraction of sp³-hybridized carbons (Fsp3) is 0.273. The van der Waals surface area contributed by atoms with E-state index in [9.17, 15) is 5.26 Å². The summed E-state index contributed by atoms with van der Waals surface area (Å²) in [5.41, 5.74) is 3.68. The summed E-state index contributed by atoms with van der Waals surface area (Å²) in [4.78, 5) is 6.46. The standard InChI is InChI=1S/C22H22N4O/c23-15-20-16-24-6-5-22(20)19-2-1-18-14-21(4-3-17(18)13-19)25-7-8-26-9-11-27-12-10-26/h1-6,13-14,16,25H,7-12H2. The summed E-state index contributed by atoms with van der Waals surface area (Å²) >= 11 is 0. The Balaban J connectivity index is 1.48. The Bertz CT molecular complexity index is 973. The van der Waals surface area contributed by atoms with Crippen LogP contribution in [0.15, 0.2) is 54.9 Å². The number of anilines is 1. The Morgan fingerprint density at radius 2 is 1.89 bits per heavy atom. The first kappa shape index (κ1) is 17.5. The molecule has 0 atom stereocenters. The average molecular weight is 358 g/mol. The van der Waals surface area contributed by atoms with E-state index in [1.807, 2.05) is 6.07 Å². The van der Waals surface area contributed by atoms with Gasteiger partial charge in [-0.1, -0.05) is 18.2 Å². The van der Waals surface area contributed by atoms with Crippen LogP contribution in [0.4, 0.5) is 5.69 Å². The SMILES string of the molecule is N#Cc1cnccc1-c1ccc2cc(NCCN3CCOCC3)ccc2c1. The van der Waals surface area contributed by atoms with Crippen LogP contribution in [0.5, 0.6) is 0 Å². The Hall–Kier alpha value is -2.94.